The van der Waals surface area contributed by atoms with Crippen molar-refractivity contribution in [3.05, 3.63) is 47.2 Å². The highest BCUT2D eigenvalue weighted by atomic mass is 79.9. The molecule has 0 radical (unpaired) electrons. The molecule has 0 fully saturated rings. The third-order valence-corrected chi connectivity index (χ3v) is 2.95. The van der Waals surface area contributed by atoms with Crippen LogP contribution in [-0.2, 0) is 0 Å². The molecule has 0 atom stereocenters. The first kappa shape index (κ1) is 10.3. The van der Waals surface area contributed by atoms with Crippen molar-refractivity contribution >= 4 is 32.7 Å². The number of nitrogens with two attached hydrogens (primary N) is 1. The SMILES string of the molecule is Nc1ccn(-c2cccc3cc(Br)cnc23)n1. The van der Waals surface area contributed by atoms with E-state index < -0.39 is 0 Å². The molecule has 4 nitrogen and oxygen atoms in total. The second-order valence-electron chi connectivity index (χ2n) is 3.69. The molecule has 0 aliphatic carbocycles. The van der Waals surface area contributed by atoms with Gasteiger partial charge in [0.25, 0.3) is 0 Å². The number of nitrogen functional groups attached to an aromatic ring is 1. The number of hydrogen-bond acceptors (Lipinski definition) is 3. The van der Waals surface area contributed by atoms with Gasteiger partial charge in [-0.25, -0.2) is 4.68 Å². The lowest BCUT2D eigenvalue weighted by Crippen LogP contribution is -1.98. The lowest BCUT2D eigenvalue weighted by molar-refractivity contribution is 0.890. The molecule has 0 amide bonds. The minimum absolute atomic E-state index is 0.499. The maximum Gasteiger partial charge on any atom is 0.145 e. The zero-order chi connectivity index (χ0) is 11.8. The zero-order valence-electron chi connectivity index (χ0n) is 8.84. The number of benzene rings is 1. The van der Waals surface area contributed by atoms with Crippen LogP contribution in [0.3, 0.4) is 0 Å². The summed E-state index contributed by atoms with van der Waals surface area (Å²) in [4.78, 5) is 4.42. The number of halogens is 1. The Balaban J connectivity index is 2.30. The molecule has 2 aromatic heterocycles. The molecule has 84 valence electrons. The van der Waals surface area contributed by atoms with E-state index in [1.165, 1.54) is 0 Å². The van der Waals surface area contributed by atoms with Crippen molar-refractivity contribution in [2.45, 2.75) is 0 Å². The molecular weight excluding hydrogens is 280 g/mol. The molecule has 3 aromatic rings. The third-order valence-electron chi connectivity index (χ3n) is 2.51. The number of nitrogens with zero attached hydrogens (tertiary/aromatic N) is 3. The number of para-hydroxylation sites is 1. The molecule has 0 aliphatic heterocycles. The topological polar surface area (TPSA) is 56.7 Å². The smallest absolute Gasteiger partial charge is 0.145 e. The van der Waals surface area contributed by atoms with Gasteiger partial charge in [0.05, 0.1) is 11.2 Å². The van der Waals surface area contributed by atoms with Crippen LogP contribution in [0.2, 0.25) is 0 Å². The van der Waals surface area contributed by atoms with Gasteiger partial charge >= 0.3 is 0 Å². The van der Waals surface area contributed by atoms with E-state index in [0.29, 0.717) is 5.82 Å². The number of anilines is 1. The maximum absolute atomic E-state index is 5.62. The van der Waals surface area contributed by atoms with Gasteiger partial charge in [0.1, 0.15) is 5.82 Å². The van der Waals surface area contributed by atoms with Gasteiger partial charge < -0.3 is 5.73 Å². The minimum Gasteiger partial charge on any atom is -0.382 e. The molecule has 3 rings (SSSR count). The number of fused-ring (bicyclic) bond motifs is 1. The van der Waals surface area contributed by atoms with Gasteiger partial charge in [0.15, 0.2) is 0 Å². The van der Waals surface area contributed by atoms with Crippen LogP contribution in [0.25, 0.3) is 16.6 Å². The van der Waals surface area contributed by atoms with E-state index >= 15 is 0 Å². The van der Waals surface area contributed by atoms with Gasteiger partial charge in [0, 0.05) is 28.3 Å². The van der Waals surface area contributed by atoms with E-state index in [-0.39, 0.29) is 0 Å². The first-order chi connectivity index (χ1) is 8.24. The number of hydrogen-bond donors (Lipinski definition) is 1. The zero-order valence-corrected chi connectivity index (χ0v) is 10.4. The average Bonchev–Trinajstić information content (AvgIpc) is 2.74. The molecule has 0 saturated carbocycles. The summed E-state index contributed by atoms with van der Waals surface area (Å²) in [7, 11) is 0. The fraction of sp³-hybridized carbons (Fsp3) is 0. The Labute approximate surface area is 106 Å². The highest BCUT2D eigenvalue weighted by Crippen LogP contribution is 2.22. The van der Waals surface area contributed by atoms with Gasteiger partial charge in [-0.3, -0.25) is 4.98 Å². The standard InChI is InChI=1S/C12H9BrN4/c13-9-6-8-2-1-3-10(12(8)15-7-9)17-5-4-11(14)16-17/h1-7H,(H2,14,16). The molecule has 0 spiro atoms. The Morgan fingerprint density at radius 2 is 2.12 bits per heavy atom. The predicted octanol–water partition coefficient (Wildman–Crippen LogP) is 2.77. The van der Waals surface area contributed by atoms with Crippen molar-refractivity contribution in [3.8, 4) is 5.69 Å². The molecular formula is C12H9BrN4. The van der Waals surface area contributed by atoms with Crippen LogP contribution >= 0.6 is 15.9 Å². The normalized spacial score (nSPS) is 10.9. The molecule has 17 heavy (non-hydrogen) atoms. The van der Waals surface area contributed by atoms with Crippen LogP contribution in [0.4, 0.5) is 5.82 Å². The summed E-state index contributed by atoms with van der Waals surface area (Å²) < 4.78 is 2.69. The van der Waals surface area contributed by atoms with Gasteiger partial charge in [-0.2, -0.15) is 5.10 Å². The van der Waals surface area contributed by atoms with E-state index in [9.17, 15) is 0 Å². The summed E-state index contributed by atoms with van der Waals surface area (Å²) in [6.45, 7) is 0. The van der Waals surface area contributed by atoms with E-state index in [0.717, 1.165) is 21.1 Å². The van der Waals surface area contributed by atoms with Gasteiger partial charge in [-0.1, -0.05) is 12.1 Å². The Hall–Kier alpha value is -1.88. The molecule has 2 N–H and O–H groups in total. The molecule has 0 saturated heterocycles. The largest absolute Gasteiger partial charge is 0.382 e. The minimum atomic E-state index is 0.499. The monoisotopic (exact) mass is 288 g/mol. The molecule has 0 aliphatic rings. The first-order valence-corrected chi connectivity index (χ1v) is 5.89. The maximum atomic E-state index is 5.62. The summed E-state index contributed by atoms with van der Waals surface area (Å²) in [6, 6.07) is 9.75. The van der Waals surface area contributed by atoms with Crippen LogP contribution in [-0.4, -0.2) is 14.8 Å². The van der Waals surface area contributed by atoms with Crippen LogP contribution in [0, 0.1) is 0 Å². The lowest BCUT2D eigenvalue weighted by Gasteiger charge is -2.05. The summed E-state index contributed by atoms with van der Waals surface area (Å²) in [5, 5.41) is 5.26. The molecule has 1 aromatic carbocycles. The van der Waals surface area contributed by atoms with E-state index in [1.807, 2.05) is 30.5 Å². The van der Waals surface area contributed by atoms with Crippen molar-refractivity contribution in [2.24, 2.45) is 0 Å². The Morgan fingerprint density at radius 1 is 1.24 bits per heavy atom. The second kappa shape index (κ2) is 3.85. The summed E-state index contributed by atoms with van der Waals surface area (Å²) >= 11 is 3.41. The third kappa shape index (κ3) is 1.78. The van der Waals surface area contributed by atoms with Crippen molar-refractivity contribution in [3.63, 3.8) is 0 Å². The van der Waals surface area contributed by atoms with Crippen molar-refractivity contribution in [1.82, 2.24) is 14.8 Å². The highest BCUT2D eigenvalue weighted by molar-refractivity contribution is 9.10. The van der Waals surface area contributed by atoms with Crippen molar-refractivity contribution in [2.75, 3.05) is 5.73 Å². The van der Waals surface area contributed by atoms with Gasteiger partial charge in [-0.15, -0.1) is 0 Å². The second-order valence-corrected chi connectivity index (χ2v) is 4.60. The van der Waals surface area contributed by atoms with E-state index in [1.54, 1.807) is 16.9 Å². The summed E-state index contributed by atoms with van der Waals surface area (Å²) in [6.07, 6.45) is 3.60. The number of rotatable bonds is 1. The van der Waals surface area contributed by atoms with Crippen molar-refractivity contribution in [1.29, 1.82) is 0 Å². The van der Waals surface area contributed by atoms with Crippen LogP contribution in [0.15, 0.2) is 47.2 Å². The van der Waals surface area contributed by atoms with Gasteiger partial charge in [0.2, 0.25) is 0 Å². The summed E-state index contributed by atoms with van der Waals surface area (Å²) in [5.74, 6) is 0.499. The van der Waals surface area contributed by atoms with Crippen molar-refractivity contribution < 1.29 is 0 Å². The van der Waals surface area contributed by atoms with Crippen LogP contribution in [0.5, 0.6) is 0 Å². The lowest BCUT2D eigenvalue weighted by atomic mass is 10.2. The predicted molar refractivity (Wildman–Crippen MR) is 71.0 cm³/mol. The molecule has 5 heteroatoms. The summed E-state index contributed by atoms with van der Waals surface area (Å²) in [5.41, 5.74) is 7.45. The Kier molecular flexibility index (Phi) is 2.33. The van der Waals surface area contributed by atoms with Gasteiger partial charge in [-0.05, 0) is 28.1 Å². The number of aromatic nitrogens is 3. The highest BCUT2D eigenvalue weighted by Gasteiger charge is 2.05. The molecule has 2 heterocycles. The van der Waals surface area contributed by atoms with Crippen LogP contribution in [0.1, 0.15) is 0 Å². The Bertz CT molecular complexity index is 690. The molecule has 0 unspecified atom stereocenters. The van der Waals surface area contributed by atoms with E-state index in [4.69, 9.17) is 5.73 Å². The average molecular weight is 289 g/mol. The Morgan fingerprint density at radius 3 is 2.88 bits per heavy atom. The first-order valence-electron chi connectivity index (χ1n) is 5.10. The fourth-order valence-corrected chi connectivity index (χ4v) is 2.12. The number of pyridine rings is 1. The quantitative estimate of drug-likeness (QED) is 0.749. The van der Waals surface area contributed by atoms with E-state index in [2.05, 4.69) is 26.0 Å². The fourth-order valence-electron chi connectivity index (χ4n) is 1.77. The molecule has 0 bridgehead atoms. The van der Waals surface area contributed by atoms with Crippen LogP contribution < -0.4 is 5.73 Å².